The number of nitrogens with one attached hydrogen (secondary N) is 1. The number of aromatic nitrogens is 1. The number of nitrogens with zero attached hydrogens (tertiary/aromatic N) is 2. The second-order valence-electron chi connectivity index (χ2n) is 6.35. The van der Waals surface area contributed by atoms with E-state index in [1.807, 2.05) is 13.8 Å². The van der Waals surface area contributed by atoms with Gasteiger partial charge in [-0.3, -0.25) is 9.59 Å². The van der Waals surface area contributed by atoms with Gasteiger partial charge in [0.1, 0.15) is 11.1 Å². The summed E-state index contributed by atoms with van der Waals surface area (Å²) in [6.07, 6.45) is 1.22. The van der Waals surface area contributed by atoms with Crippen LogP contribution in [-0.2, 0) is 14.6 Å². The highest BCUT2D eigenvalue weighted by Crippen LogP contribution is 2.23. The predicted octanol–water partition coefficient (Wildman–Crippen LogP) is 0.898. The van der Waals surface area contributed by atoms with Crippen LogP contribution < -0.4 is 10.1 Å². The molecule has 1 N–H and O–H groups in total. The summed E-state index contributed by atoms with van der Waals surface area (Å²) in [4.78, 5) is 30.1. The van der Waals surface area contributed by atoms with Gasteiger partial charge in [0.2, 0.25) is 11.8 Å². The van der Waals surface area contributed by atoms with Crippen LogP contribution in [0.4, 0.5) is 0 Å². The highest BCUT2D eigenvalue weighted by Gasteiger charge is 2.28. The van der Waals surface area contributed by atoms with Crippen molar-refractivity contribution >= 4 is 33.3 Å². The summed E-state index contributed by atoms with van der Waals surface area (Å²) in [5.74, 6) is -0.711. The van der Waals surface area contributed by atoms with E-state index in [-0.39, 0.29) is 53.1 Å². The molecule has 1 aromatic heterocycles. The van der Waals surface area contributed by atoms with Crippen molar-refractivity contribution in [1.29, 1.82) is 0 Å². The third-order valence-corrected chi connectivity index (χ3v) is 5.67. The number of sulfone groups is 1. The standard InChI is InChI=1S/C16H22ClN3O5S/c1-10(2)25-15-13(17)8-12(9-18-15)14(21)19-11(3)16(22)20-4-6-26(23,24)7-5-20/h8-11H,4-7H2,1-3H3,(H,19,21). The van der Waals surface area contributed by atoms with E-state index in [0.717, 1.165) is 0 Å². The zero-order valence-electron chi connectivity index (χ0n) is 14.9. The van der Waals surface area contributed by atoms with Crippen molar-refractivity contribution in [1.82, 2.24) is 15.2 Å². The van der Waals surface area contributed by atoms with Crippen molar-refractivity contribution in [2.24, 2.45) is 0 Å². The highest BCUT2D eigenvalue weighted by atomic mass is 35.5. The summed E-state index contributed by atoms with van der Waals surface area (Å²) >= 11 is 6.07. The third kappa shape index (κ3) is 5.31. The molecular formula is C16H22ClN3O5S. The van der Waals surface area contributed by atoms with Crippen LogP contribution in [0.2, 0.25) is 5.02 Å². The Bertz CT molecular complexity index is 783. The van der Waals surface area contributed by atoms with Gasteiger partial charge < -0.3 is 15.0 Å². The van der Waals surface area contributed by atoms with Gasteiger partial charge in [-0.2, -0.15) is 0 Å². The average molecular weight is 404 g/mol. The molecule has 1 unspecified atom stereocenters. The lowest BCUT2D eigenvalue weighted by molar-refractivity contribution is -0.132. The first-order chi connectivity index (χ1) is 12.1. The molecule has 1 saturated heterocycles. The molecule has 1 aliphatic heterocycles. The highest BCUT2D eigenvalue weighted by molar-refractivity contribution is 7.91. The van der Waals surface area contributed by atoms with Crippen LogP contribution in [-0.4, -0.2) is 66.9 Å². The summed E-state index contributed by atoms with van der Waals surface area (Å²) in [5.41, 5.74) is 0.201. The second kappa shape index (κ2) is 8.22. The van der Waals surface area contributed by atoms with E-state index in [1.54, 1.807) is 6.92 Å². The van der Waals surface area contributed by atoms with Gasteiger partial charge in [-0.1, -0.05) is 11.6 Å². The van der Waals surface area contributed by atoms with E-state index in [4.69, 9.17) is 16.3 Å². The fraction of sp³-hybridized carbons (Fsp3) is 0.562. The quantitative estimate of drug-likeness (QED) is 0.782. The Balaban J connectivity index is 1.98. The molecular weight excluding hydrogens is 382 g/mol. The second-order valence-corrected chi connectivity index (χ2v) is 9.06. The number of rotatable bonds is 5. The maximum atomic E-state index is 12.4. The first kappa shape index (κ1) is 20.4. The van der Waals surface area contributed by atoms with Gasteiger partial charge in [0, 0.05) is 19.3 Å². The molecule has 8 nitrogen and oxygen atoms in total. The Morgan fingerprint density at radius 3 is 2.42 bits per heavy atom. The van der Waals surface area contributed by atoms with E-state index >= 15 is 0 Å². The molecule has 144 valence electrons. The summed E-state index contributed by atoms with van der Waals surface area (Å²) in [7, 11) is -3.07. The molecule has 0 aliphatic carbocycles. The number of hydrogen-bond donors (Lipinski definition) is 1. The van der Waals surface area contributed by atoms with E-state index in [0.29, 0.717) is 0 Å². The van der Waals surface area contributed by atoms with Gasteiger partial charge in [-0.15, -0.1) is 0 Å². The fourth-order valence-electron chi connectivity index (χ4n) is 2.41. The number of pyridine rings is 1. The fourth-order valence-corrected chi connectivity index (χ4v) is 3.82. The summed E-state index contributed by atoms with van der Waals surface area (Å²) in [6.45, 7) is 5.48. The number of carbonyl (C=O) groups excluding carboxylic acids is 2. The number of halogens is 1. The molecule has 10 heteroatoms. The predicted molar refractivity (Wildman–Crippen MR) is 97.2 cm³/mol. The summed E-state index contributed by atoms with van der Waals surface area (Å²) < 4.78 is 28.3. The summed E-state index contributed by atoms with van der Waals surface area (Å²) in [6, 6.07) is 0.625. The van der Waals surface area contributed by atoms with Crippen LogP contribution in [0, 0.1) is 0 Å². The Labute approximate surface area is 157 Å². The van der Waals surface area contributed by atoms with Crippen molar-refractivity contribution in [3.63, 3.8) is 0 Å². The first-order valence-electron chi connectivity index (χ1n) is 8.21. The van der Waals surface area contributed by atoms with Crippen molar-refractivity contribution in [2.75, 3.05) is 24.6 Å². The smallest absolute Gasteiger partial charge is 0.253 e. The molecule has 26 heavy (non-hydrogen) atoms. The van der Waals surface area contributed by atoms with E-state index in [9.17, 15) is 18.0 Å². The molecule has 0 bridgehead atoms. The Morgan fingerprint density at radius 2 is 1.88 bits per heavy atom. The first-order valence-corrected chi connectivity index (χ1v) is 10.4. The van der Waals surface area contributed by atoms with Gasteiger partial charge >= 0.3 is 0 Å². The number of amides is 2. The van der Waals surface area contributed by atoms with Crippen LogP contribution in [0.5, 0.6) is 5.88 Å². The SMILES string of the molecule is CC(C)Oc1ncc(C(=O)NC(C)C(=O)N2CCS(=O)(=O)CC2)cc1Cl. The average Bonchev–Trinajstić information content (AvgIpc) is 2.55. The van der Waals surface area contributed by atoms with E-state index in [2.05, 4.69) is 10.3 Å². The lowest BCUT2D eigenvalue weighted by atomic mass is 10.2. The number of carbonyl (C=O) groups is 2. The number of ether oxygens (including phenoxy) is 1. The molecule has 2 heterocycles. The molecule has 2 amide bonds. The minimum atomic E-state index is -3.07. The van der Waals surface area contributed by atoms with Crippen molar-refractivity contribution in [2.45, 2.75) is 32.9 Å². The normalized spacial score (nSPS) is 17.7. The zero-order valence-corrected chi connectivity index (χ0v) is 16.4. The Hall–Kier alpha value is -1.87. The van der Waals surface area contributed by atoms with Gasteiger partial charge in [-0.05, 0) is 26.8 Å². The van der Waals surface area contributed by atoms with Gasteiger partial charge in [0.15, 0.2) is 9.84 Å². The molecule has 1 fully saturated rings. The van der Waals surface area contributed by atoms with E-state index < -0.39 is 21.8 Å². The molecule has 0 aromatic carbocycles. The van der Waals surface area contributed by atoms with Gasteiger partial charge in [0.25, 0.3) is 5.91 Å². The van der Waals surface area contributed by atoms with E-state index in [1.165, 1.54) is 17.2 Å². The maximum Gasteiger partial charge on any atom is 0.253 e. The van der Waals surface area contributed by atoms with Gasteiger partial charge in [0.05, 0.1) is 23.2 Å². The minimum Gasteiger partial charge on any atom is -0.474 e. The zero-order chi connectivity index (χ0) is 19.5. The topological polar surface area (TPSA) is 106 Å². The van der Waals surface area contributed by atoms with Crippen LogP contribution >= 0.6 is 11.6 Å². The van der Waals surface area contributed by atoms with Crippen molar-refractivity contribution in [3.8, 4) is 5.88 Å². The van der Waals surface area contributed by atoms with Crippen molar-refractivity contribution in [3.05, 3.63) is 22.8 Å². The summed E-state index contributed by atoms with van der Waals surface area (Å²) in [5, 5.41) is 2.78. The molecule has 0 radical (unpaired) electrons. The molecule has 1 atom stereocenters. The largest absolute Gasteiger partial charge is 0.474 e. The lowest BCUT2D eigenvalue weighted by Crippen LogP contribution is -2.51. The molecule has 1 aromatic rings. The van der Waals surface area contributed by atoms with Gasteiger partial charge in [-0.25, -0.2) is 13.4 Å². The Morgan fingerprint density at radius 1 is 1.27 bits per heavy atom. The van der Waals surface area contributed by atoms with Crippen LogP contribution in [0.1, 0.15) is 31.1 Å². The van der Waals surface area contributed by atoms with Crippen LogP contribution in [0.25, 0.3) is 0 Å². The minimum absolute atomic E-state index is 0.0593. The molecule has 0 saturated carbocycles. The maximum absolute atomic E-state index is 12.4. The number of hydrogen-bond acceptors (Lipinski definition) is 6. The van der Waals surface area contributed by atoms with Crippen LogP contribution in [0.15, 0.2) is 12.3 Å². The lowest BCUT2D eigenvalue weighted by Gasteiger charge is -2.29. The third-order valence-electron chi connectivity index (χ3n) is 3.79. The van der Waals surface area contributed by atoms with Crippen molar-refractivity contribution < 1.29 is 22.7 Å². The van der Waals surface area contributed by atoms with Crippen LogP contribution in [0.3, 0.4) is 0 Å². The Kier molecular flexibility index (Phi) is 6.46. The monoisotopic (exact) mass is 403 g/mol. The molecule has 0 spiro atoms. The molecule has 2 rings (SSSR count). The molecule has 1 aliphatic rings.